The first-order valence-corrected chi connectivity index (χ1v) is 12.2. The summed E-state index contributed by atoms with van der Waals surface area (Å²) in [4.78, 5) is 0. The first-order valence-electron chi connectivity index (χ1n) is 5.28. The fourth-order valence-corrected chi connectivity index (χ4v) is 1.16. The molecule has 0 aromatic carbocycles. The summed E-state index contributed by atoms with van der Waals surface area (Å²) in [5.74, 6) is 0.560. The Morgan fingerprint density at radius 2 is 1.68 bits per heavy atom. The third kappa shape index (κ3) is 16.9. The van der Waals surface area contributed by atoms with Gasteiger partial charge in [0.05, 0.1) is 0 Å². The van der Waals surface area contributed by atoms with Crippen LogP contribution in [0.15, 0.2) is 16.7 Å². The Morgan fingerprint density at radius 3 is 1.74 bits per heavy atom. The van der Waals surface area contributed by atoms with Crippen LogP contribution in [0.3, 0.4) is 0 Å². The predicted octanol–water partition coefficient (Wildman–Crippen LogP) is 3.18. The molecule has 0 spiro atoms. The summed E-state index contributed by atoms with van der Waals surface area (Å²) in [7, 11) is 0. The van der Waals surface area contributed by atoms with Gasteiger partial charge in [0.25, 0.3) is 0 Å². The summed E-state index contributed by atoms with van der Waals surface area (Å²) in [5.41, 5.74) is 4.25. The zero-order chi connectivity index (χ0) is 13.1. The van der Waals surface area contributed by atoms with Crippen molar-refractivity contribution < 1.29 is 29.8 Å². The molecule has 0 amide bonds. The minimum atomic E-state index is -0.992. The molecule has 1 aliphatic rings. The van der Waals surface area contributed by atoms with E-state index in [-0.39, 0.29) is 38.8 Å². The van der Waals surface area contributed by atoms with Crippen molar-refractivity contribution in [3.8, 4) is 0 Å². The molecule has 1 unspecified atom stereocenters. The fourth-order valence-electron chi connectivity index (χ4n) is 1.16. The number of allylic oxidation sites excluding steroid dienone is 4. The van der Waals surface area contributed by atoms with Crippen LogP contribution in [0.2, 0.25) is 0 Å². The van der Waals surface area contributed by atoms with Crippen molar-refractivity contribution in [2.45, 2.75) is 34.1 Å². The van der Waals surface area contributed by atoms with Gasteiger partial charge in [-0.05, 0) is 0 Å². The quantitative estimate of drug-likeness (QED) is 0.537. The van der Waals surface area contributed by atoms with Crippen molar-refractivity contribution in [1.82, 2.24) is 0 Å². The standard InChI is InChI=1S/C9H13.C3H7O.CH3.2ClH.O.H2Si.Zr/c1-6-5-7(2)9(4)8(6)3;1-2-3-4;;;;;;/h6H,1-4H3;4H,1-3H2;1H3;2*1H;;1H2;/q3*-1;;;;;. The van der Waals surface area contributed by atoms with E-state index in [1.54, 1.807) is 6.88 Å². The Labute approximate surface area is 144 Å². The molecule has 1 rings (SSSR count). The first kappa shape index (κ1) is 32.0. The van der Waals surface area contributed by atoms with Crippen molar-refractivity contribution in [2.24, 2.45) is 5.92 Å². The Balaban J connectivity index is -0.0000000572. The molecule has 0 bridgehead atoms. The molecule has 0 aliphatic heterocycles. The fraction of sp³-hybridized carbons (Fsp3) is 0.538. The minimum absolute atomic E-state index is 0. The van der Waals surface area contributed by atoms with Gasteiger partial charge in [-0.25, -0.2) is 5.57 Å². The average Bonchev–Trinajstić information content (AvgIpc) is 2.47. The number of rotatable bonds is 1. The first-order chi connectivity index (χ1) is 7.45. The average molecular weight is 406 g/mol. The van der Waals surface area contributed by atoms with Crippen molar-refractivity contribution >= 4 is 31.7 Å². The Bertz CT molecular complexity index is 297. The van der Waals surface area contributed by atoms with E-state index in [9.17, 15) is 0 Å². The van der Waals surface area contributed by atoms with E-state index in [1.807, 2.05) is 0 Å². The molecule has 1 aliphatic carbocycles. The third-order valence-electron chi connectivity index (χ3n) is 2.39. The van der Waals surface area contributed by atoms with Gasteiger partial charge in [0.1, 0.15) is 0 Å². The molecule has 0 heterocycles. The summed E-state index contributed by atoms with van der Waals surface area (Å²) in [6.07, 6.45) is 3.98. The van der Waals surface area contributed by atoms with E-state index in [2.05, 4.69) is 40.7 Å². The van der Waals surface area contributed by atoms with Gasteiger partial charge in [-0.15, -0.1) is 31.7 Å². The van der Waals surface area contributed by atoms with E-state index in [4.69, 9.17) is 7.92 Å². The summed E-state index contributed by atoms with van der Waals surface area (Å²) in [5, 5.41) is 7.81. The van der Waals surface area contributed by atoms with Crippen LogP contribution in [-0.2, 0) is 24.7 Å². The summed E-state index contributed by atoms with van der Waals surface area (Å²) in [6, 6.07) is 0. The van der Waals surface area contributed by atoms with Gasteiger partial charge in [0, 0.05) is 6.61 Å². The molecule has 0 saturated heterocycles. The van der Waals surface area contributed by atoms with E-state index >= 15 is 0 Å². The van der Waals surface area contributed by atoms with Gasteiger partial charge in [-0.1, -0.05) is 26.7 Å². The van der Waals surface area contributed by atoms with Crippen LogP contribution in [0.1, 0.15) is 34.1 Å². The second kappa shape index (κ2) is 21.2. The van der Waals surface area contributed by atoms with Gasteiger partial charge in [0.15, 0.2) is 0 Å². The SMILES string of the molecule is CC1=[C-]C(C)C(C)=C1C.Cl.Cl.[CH2-]CCO.[CH3-].[O]=[Zr]=[SiH2]. The number of hydrogen-bond donors (Lipinski definition) is 1. The summed E-state index contributed by atoms with van der Waals surface area (Å²) in [6.45, 7) is 13.8. The Morgan fingerprint density at radius 1 is 1.37 bits per heavy atom. The normalized spacial score (nSPS) is 14.8. The molecule has 116 valence electrons. The van der Waals surface area contributed by atoms with Crippen LogP contribution in [0.5, 0.6) is 0 Å². The summed E-state index contributed by atoms with van der Waals surface area (Å²) < 4.78 is 9.11. The van der Waals surface area contributed by atoms with Crippen LogP contribution in [0.25, 0.3) is 0 Å². The van der Waals surface area contributed by atoms with Crippen LogP contribution in [0.4, 0.5) is 0 Å². The summed E-state index contributed by atoms with van der Waals surface area (Å²) >= 11 is -0.992. The Kier molecular flexibility index (Phi) is 35.8. The molecule has 0 aromatic heterocycles. The van der Waals surface area contributed by atoms with Crippen molar-refractivity contribution in [3.05, 3.63) is 37.1 Å². The maximum absolute atomic E-state index is 9.11. The van der Waals surface area contributed by atoms with Gasteiger partial charge in [0.2, 0.25) is 0 Å². The van der Waals surface area contributed by atoms with Crippen molar-refractivity contribution in [2.75, 3.05) is 6.61 Å². The molecule has 1 atom stereocenters. The number of aliphatic hydroxyl groups is 1. The molecule has 19 heavy (non-hydrogen) atoms. The molecular formula is C13H27Cl2O2SiZr-3. The van der Waals surface area contributed by atoms with Crippen molar-refractivity contribution in [3.63, 3.8) is 0 Å². The van der Waals surface area contributed by atoms with Crippen LogP contribution in [0, 0.1) is 26.3 Å². The zero-order valence-corrected chi connectivity index (χ0v) is 18.1. The second-order valence-electron chi connectivity index (χ2n) is 3.52. The molecule has 0 aromatic rings. The van der Waals surface area contributed by atoms with Crippen LogP contribution < -0.4 is 0 Å². The molecular weight excluding hydrogens is 378 g/mol. The number of aliphatic hydroxyl groups excluding tert-OH is 1. The number of halogens is 2. The zero-order valence-electron chi connectivity index (χ0n) is 12.6. The van der Waals surface area contributed by atoms with Gasteiger partial charge in [-0.3, -0.25) is 6.08 Å². The molecule has 0 radical (unpaired) electrons. The molecule has 0 fully saturated rings. The van der Waals surface area contributed by atoms with Crippen LogP contribution >= 0.6 is 24.8 Å². The van der Waals surface area contributed by atoms with E-state index < -0.39 is 21.9 Å². The Hall–Kier alpha value is 0.920. The predicted molar refractivity (Wildman–Crippen MR) is 87.2 cm³/mol. The second-order valence-corrected chi connectivity index (χ2v) is 5.94. The van der Waals surface area contributed by atoms with Crippen molar-refractivity contribution in [1.29, 1.82) is 0 Å². The van der Waals surface area contributed by atoms with E-state index in [0.29, 0.717) is 12.3 Å². The molecule has 0 saturated carbocycles. The van der Waals surface area contributed by atoms with E-state index in [1.165, 1.54) is 16.7 Å². The monoisotopic (exact) mass is 403 g/mol. The number of hydrogen-bond acceptors (Lipinski definition) is 2. The van der Waals surface area contributed by atoms with Gasteiger partial charge >= 0.3 is 31.5 Å². The van der Waals surface area contributed by atoms with Gasteiger partial charge < -0.3 is 19.5 Å². The van der Waals surface area contributed by atoms with E-state index in [0.717, 1.165) is 0 Å². The molecule has 1 N–H and O–H groups in total. The topological polar surface area (TPSA) is 37.3 Å². The van der Waals surface area contributed by atoms with Gasteiger partial charge in [-0.2, -0.15) is 17.6 Å². The molecule has 2 nitrogen and oxygen atoms in total. The maximum atomic E-state index is 9.11. The molecule has 6 heteroatoms. The van der Waals surface area contributed by atoms with Crippen LogP contribution in [-0.4, -0.2) is 18.6 Å². The third-order valence-corrected chi connectivity index (χ3v) is 2.39.